The van der Waals surface area contributed by atoms with E-state index in [2.05, 4.69) is 110 Å². The van der Waals surface area contributed by atoms with Crippen LogP contribution in [0.1, 0.15) is 22.3 Å². The lowest BCUT2D eigenvalue weighted by molar-refractivity contribution is 0.482. The summed E-state index contributed by atoms with van der Waals surface area (Å²) in [5, 5.41) is 4.95. The minimum Gasteiger partial charge on any atom is -0.466 e. The smallest absolute Gasteiger partial charge is 0.126 e. The minimum absolute atomic E-state index is 0.561. The molecule has 186 valence electrons. The largest absolute Gasteiger partial charge is 0.466 e. The zero-order chi connectivity index (χ0) is 26.4. The van der Waals surface area contributed by atoms with Crippen molar-refractivity contribution in [2.75, 3.05) is 0 Å². The third kappa shape index (κ3) is 3.35. The van der Waals surface area contributed by atoms with Crippen LogP contribution in [0.5, 0.6) is 11.5 Å². The van der Waals surface area contributed by atoms with Gasteiger partial charge in [0.05, 0.1) is 17.9 Å². The molecule has 1 aliphatic rings. The van der Waals surface area contributed by atoms with E-state index in [4.69, 9.17) is 9.47 Å². The predicted molar refractivity (Wildman–Crippen MR) is 160 cm³/mol. The maximum absolute atomic E-state index is 5.61. The number of ether oxygens (including phenoxy) is 2. The van der Waals surface area contributed by atoms with Crippen molar-refractivity contribution in [3.8, 4) is 22.6 Å². The van der Waals surface area contributed by atoms with Gasteiger partial charge < -0.3 is 9.47 Å². The molecule has 0 heterocycles. The molecule has 6 aromatic carbocycles. The molecule has 0 bridgehead atoms. The van der Waals surface area contributed by atoms with Crippen LogP contribution in [0.15, 0.2) is 147 Å². The van der Waals surface area contributed by atoms with Crippen molar-refractivity contribution < 1.29 is 9.47 Å². The zero-order valence-corrected chi connectivity index (χ0v) is 21.4. The van der Waals surface area contributed by atoms with Crippen molar-refractivity contribution in [3.05, 3.63) is 169 Å². The lowest BCUT2D eigenvalue weighted by Crippen LogP contribution is -2.28. The van der Waals surface area contributed by atoms with Gasteiger partial charge in [-0.1, -0.05) is 110 Å². The first kappa shape index (κ1) is 23.1. The molecule has 0 atom stereocenters. The summed E-state index contributed by atoms with van der Waals surface area (Å²) in [6.45, 7) is 7.44. The van der Waals surface area contributed by atoms with E-state index < -0.39 is 5.41 Å². The summed E-state index contributed by atoms with van der Waals surface area (Å²) < 4.78 is 11.2. The Morgan fingerprint density at radius 3 is 1.62 bits per heavy atom. The molecule has 0 unspecified atom stereocenters. The summed E-state index contributed by atoms with van der Waals surface area (Å²) >= 11 is 0. The Morgan fingerprint density at radius 1 is 0.513 bits per heavy atom. The van der Waals surface area contributed by atoms with Crippen LogP contribution in [0.4, 0.5) is 0 Å². The molecular formula is C37H26O2. The Bertz CT molecular complexity index is 1830. The maximum Gasteiger partial charge on any atom is 0.126 e. The fraction of sp³-hybridized carbons (Fsp3) is 0.0270. The van der Waals surface area contributed by atoms with Gasteiger partial charge in [0.1, 0.15) is 11.5 Å². The molecule has 0 fully saturated rings. The van der Waals surface area contributed by atoms with Crippen molar-refractivity contribution in [3.63, 3.8) is 0 Å². The Hall–Kier alpha value is -5.08. The fourth-order valence-corrected chi connectivity index (χ4v) is 6.42. The number of hydrogen-bond acceptors (Lipinski definition) is 2. The maximum atomic E-state index is 5.61. The average Bonchev–Trinajstić information content (AvgIpc) is 3.30. The summed E-state index contributed by atoms with van der Waals surface area (Å²) in [5.41, 5.74) is 6.88. The van der Waals surface area contributed by atoms with Crippen LogP contribution >= 0.6 is 0 Å². The molecule has 0 saturated carbocycles. The van der Waals surface area contributed by atoms with Gasteiger partial charge in [-0.25, -0.2) is 0 Å². The monoisotopic (exact) mass is 502 g/mol. The molecule has 0 N–H and O–H groups in total. The van der Waals surface area contributed by atoms with Gasteiger partial charge >= 0.3 is 0 Å². The van der Waals surface area contributed by atoms with E-state index >= 15 is 0 Å². The molecule has 0 amide bonds. The molecule has 0 aromatic heterocycles. The van der Waals surface area contributed by atoms with Gasteiger partial charge in [0.25, 0.3) is 0 Å². The van der Waals surface area contributed by atoms with Gasteiger partial charge in [-0.3, -0.25) is 0 Å². The fourth-order valence-electron chi connectivity index (χ4n) is 6.42. The number of benzene rings is 6. The second-order valence-corrected chi connectivity index (χ2v) is 9.79. The van der Waals surface area contributed by atoms with Crippen LogP contribution in [-0.2, 0) is 5.41 Å². The second kappa shape index (κ2) is 9.04. The van der Waals surface area contributed by atoms with Crippen molar-refractivity contribution >= 4 is 21.5 Å². The lowest BCUT2D eigenvalue weighted by Gasteiger charge is -2.35. The Labute approximate surface area is 228 Å². The third-order valence-corrected chi connectivity index (χ3v) is 7.92. The van der Waals surface area contributed by atoms with Crippen LogP contribution in [-0.4, -0.2) is 0 Å². The normalized spacial score (nSPS) is 13.0. The zero-order valence-electron chi connectivity index (χ0n) is 21.4. The molecule has 2 heteroatoms. The van der Waals surface area contributed by atoms with Gasteiger partial charge in [0.15, 0.2) is 0 Å². The first-order valence-corrected chi connectivity index (χ1v) is 13.1. The highest BCUT2D eigenvalue weighted by Crippen LogP contribution is 2.59. The van der Waals surface area contributed by atoms with Crippen molar-refractivity contribution in [1.82, 2.24) is 0 Å². The summed E-state index contributed by atoms with van der Waals surface area (Å²) in [6.07, 6.45) is 2.92. The SMILES string of the molecule is C=COc1ccc(C2(c3ccc(OC=C)cc3)c3ccc4ccccc4c3-c3ccc4ccccc4c32)cc1. The van der Waals surface area contributed by atoms with Gasteiger partial charge in [-0.15, -0.1) is 0 Å². The van der Waals surface area contributed by atoms with E-state index in [1.54, 1.807) is 0 Å². The summed E-state index contributed by atoms with van der Waals surface area (Å²) in [6, 6.07) is 43.3. The van der Waals surface area contributed by atoms with E-state index in [0.717, 1.165) is 11.5 Å². The molecule has 0 radical (unpaired) electrons. The van der Waals surface area contributed by atoms with Crippen LogP contribution in [0, 0.1) is 0 Å². The Morgan fingerprint density at radius 2 is 1.03 bits per heavy atom. The van der Waals surface area contributed by atoms with Crippen molar-refractivity contribution in [1.29, 1.82) is 0 Å². The summed E-state index contributed by atoms with van der Waals surface area (Å²) in [7, 11) is 0. The molecule has 0 spiro atoms. The topological polar surface area (TPSA) is 18.5 Å². The van der Waals surface area contributed by atoms with Crippen LogP contribution < -0.4 is 9.47 Å². The van der Waals surface area contributed by atoms with E-state index in [1.807, 2.05) is 24.3 Å². The van der Waals surface area contributed by atoms with Gasteiger partial charge in [-0.2, -0.15) is 0 Å². The van der Waals surface area contributed by atoms with E-state index in [1.165, 1.54) is 67.4 Å². The highest BCUT2D eigenvalue weighted by Gasteiger charge is 2.47. The summed E-state index contributed by atoms with van der Waals surface area (Å²) in [4.78, 5) is 0. The third-order valence-electron chi connectivity index (χ3n) is 7.92. The van der Waals surface area contributed by atoms with Gasteiger partial charge in [-0.05, 0) is 79.2 Å². The highest BCUT2D eigenvalue weighted by molar-refractivity contribution is 6.08. The van der Waals surface area contributed by atoms with Gasteiger partial charge in [0.2, 0.25) is 0 Å². The first-order chi connectivity index (χ1) is 19.3. The molecule has 0 saturated heterocycles. The second-order valence-electron chi connectivity index (χ2n) is 9.79. The first-order valence-electron chi connectivity index (χ1n) is 13.1. The highest BCUT2D eigenvalue weighted by atomic mass is 16.5. The van der Waals surface area contributed by atoms with Gasteiger partial charge in [0, 0.05) is 0 Å². The number of fused-ring (bicyclic) bond motifs is 7. The summed E-state index contributed by atoms with van der Waals surface area (Å²) in [5.74, 6) is 1.52. The quantitative estimate of drug-likeness (QED) is 0.211. The number of hydrogen-bond donors (Lipinski definition) is 0. The van der Waals surface area contributed by atoms with Crippen molar-refractivity contribution in [2.24, 2.45) is 0 Å². The van der Waals surface area contributed by atoms with Crippen molar-refractivity contribution in [2.45, 2.75) is 5.41 Å². The predicted octanol–water partition coefficient (Wildman–Crippen LogP) is 9.40. The molecule has 6 aromatic rings. The molecule has 7 rings (SSSR count). The number of rotatable bonds is 6. The van der Waals surface area contributed by atoms with E-state index in [9.17, 15) is 0 Å². The minimum atomic E-state index is -0.561. The molecule has 0 aliphatic heterocycles. The van der Waals surface area contributed by atoms with Crippen LogP contribution in [0.3, 0.4) is 0 Å². The Balaban J connectivity index is 1.66. The molecular weight excluding hydrogens is 476 g/mol. The van der Waals surface area contributed by atoms with Crippen LogP contribution in [0.25, 0.3) is 32.7 Å². The molecule has 1 aliphatic carbocycles. The molecule has 2 nitrogen and oxygen atoms in total. The Kier molecular flexibility index (Phi) is 5.35. The molecule has 39 heavy (non-hydrogen) atoms. The van der Waals surface area contributed by atoms with E-state index in [0.29, 0.717) is 0 Å². The van der Waals surface area contributed by atoms with E-state index in [-0.39, 0.29) is 0 Å². The standard InChI is InChI=1S/C37H26O2/c1-3-38-29-19-15-27(16-20-29)37(28-17-21-30(22-18-28)39-4-2)34-24-14-25-9-5-7-11-31(25)35(34)33-23-13-26-10-6-8-12-32(26)36(33)37/h3-24H,1-2H2. The lowest BCUT2D eigenvalue weighted by atomic mass is 9.66. The average molecular weight is 503 g/mol. The van der Waals surface area contributed by atoms with Crippen LogP contribution in [0.2, 0.25) is 0 Å².